The van der Waals surface area contributed by atoms with Gasteiger partial charge < -0.3 is 19.7 Å². The van der Waals surface area contributed by atoms with E-state index >= 15 is 0 Å². The summed E-state index contributed by atoms with van der Waals surface area (Å²) in [5.74, 6) is -0.393. The van der Waals surface area contributed by atoms with E-state index in [9.17, 15) is 14.4 Å². The first-order chi connectivity index (χ1) is 18.7. The van der Waals surface area contributed by atoms with E-state index < -0.39 is 17.7 Å². The fourth-order valence-electron chi connectivity index (χ4n) is 5.21. The average molecular weight is 547 g/mol. The Balaban J connectivity index is 2.11. The van der Waals surface area contributed by atoms with Gasteiger partial charge in [0.05, 0.1) is 18.1 Å². The maximum Gasteiger partial charge on any atom is 0.326 e. The first-order valence-corrected chi connectivity index (χ1v) is 14.5. The lowest BCUT2D eigenvalue weighted by atomic mass is 9.72. The van der Waals surface area contributed by atoms with Crippen molar-refractivity contribution < 1.29 is 23.9 Å². The van der Waals surface area contributed by atoms with E-state index in [2.05, 4.69) is 24.1 Å². The molecule has 1 heterocycles. The Hall–Kier alpha value is -2.49. The van der Waals surface area contributed by atoms with Gasteiger partial charge >= 0.3 is 6.03 Å². The minimum Gasteiger partial charge on any atom is -0.383 e. The number of carbonyl (C=O) groups is 3. The Labute approximate surface area is 235 Å². The number of carbonyl (C=O) groups excluding carboxylic acids is 3. The molecule has 4 amide bonds. The molecule has 1 aliphatic rings. The summed E-state index contributed by atoms with van der Waals surface area (Å²) in [4.78, 5) is 45.0. The lowest BCUT2D eigenvalue weighted by Gasteiger charge is -2.53. The van der Waals surface area contributed by atoms with Crippen LogP contribution in [-0.2, 0) is 19.1 Å². The molecule has 1 aromatic rings. The smallest absolute Gasteiger partial charge is 0.326 e. The lowest BCUT2D eigenvalue weighted by molar-refractivity contribution is -0.212. The van der Waals surface area contributed by atoms with Crippen molar-refractivity contribution in [3.05, 3.63) is 35.4 Å². The predicted molar refractivity (Wildman–Crippen MR) is 153 cm³/mol. The average Bonchev–Trinajstić information content (AvgIpc) is 2.93. The van der Waals surface area contributed by atoms with Gasteiger partial charge in [0.1, 0.15) is 6.61 Å². The molecule has 0 spiro atoms. The van der Waals surface area contributed by atoms with Gasteiger partial charge in [-0.15, -0.1) is 0 Å². The Morgan fingerprint density at radius 1 is 1.03 bits per heavy atom. The summed E-state index contributed by atoms with van der Waals surface area (Å²) in [6, 6.07) is 7.37. The number of aryl methyl sites for hydroxylation is 1. The van der Waals surface area contributed by atoms with Crippen LogP contribution in [0.25, 0.3) is 0 Å². The Kier molecular flexibility index (Phi) is 13.4. The maximum absolute atomic E-state index is 13.4. The van der Waals surface area contributed by atoms with Gasteiger partial charge in [0.2, 0.25) is 11.8 Å². The van der Waals surface area contributed by atoms with Gasteiger partial charge in [-0.3, -0.25) is 14.5 Å². The van der Waals surface area contributed by atoms with Crippen molar-refractivity contribution in [1.82, 2.24) is 20.0 Å². The molecule has 1 fully saturated rings. The number of urea groups is 1. The summed E-state index contributed by atoms with van der Waals surface area (Å²) in [5, 5.41) is 3.05. The van der Waals surface area contributed by atoms with Crippen molar-refractivity contribution in [2.75, 3.05) is 53.0 Å². The summed E-state index contributed by atoms with van der Waals surface area (Å²) in [6.07, 6.45) is 1.91. The largest absolute Gasteiger partial charge is 0.383 e. The summed E-state index contributed by atoms with van der Waals surface area (Å²) in [6.45, 7) is 16.0. The molecule has 0 aromatic heterocycles. The number of β-lactam (4-membered cyclic amide) rings is 1. The molecule has 0 aliphatic carbocycles. The van der Waals surface area contributed by atoms with Gasteiger partial charge in [-0.05, 0) is 45.2 Å². The predicted octanol–water partition coefficient (Wildman–Crippen LogP) is 4.35. The lowest BCUT2D eigenvalue weighted by Crippen LogP contribution is -2.72. The number of likely N-dealkylation sites (tertiary alicyclic amines) is 1. The second-order valence-electron chi connectivity index (χ2n) is 10.3. The third-order valence-electron chi connectivity index (χ3n) is 8.03. The molecule has 2 unspecified atom stereocenters. The van der Waals surface area contributed by atoms with E-state index in [0.29, 0.717) is 32.5 Å². The standard InChI is InChI=1S/C30H50N4O5/c1-8-13-25(24-16-14-23(6)15-17-24)31-29(37)34-27(36)30(9-2,10-3)28(34)39-22-26(35)33(12-5)19-18-32(11-4)20-21-38-7/h14-17,25,28H,8-13,18-22H2,1-7H3,(H,31,37). The molecular weight excluding hydrogens is 496 g/mol. The Bertz CT molecular complexity index is 918. The molecule has 9 heteroatoms. The quantitative estimate of drug-likeness (QED) is 0.292. The van der Waals surface area contributed by atoms with E-state index in [1.807, 2.05) is 52.0 Å². The van der Waals surface area contributed by atoms with Crippen LogP contribution in [0.4, 0.5) is 4.79 Å². The van der Waals surface area contributed by atoms with Crippen LogP contribution in [-0.4, -0.2) is 91.8 Å². The van der Waals surface area contributed by atoms with Crippen molar-refractivity contribution in [2.24, 2.45) is 5.41 Å². The number of rotatable bonds is 17. The zero-order valence-corrected chi connectivity index (χ0v) is 25.1. The zero-order valence-electron chi connectivity index (χ0n) is 25.1. The number of nitrogens with one attached hydrogen (secondary N) is 1. The van der Waals surface area contributed by atoms with Crippen LogP contribution in [0.3, 0.4) is 0 Å². The highest BCUT2D eigenvalue weighted by Gasteiger charge is 2.62. The number of nitrogens with zero attached hydrogens (tertiary/aromatic N) is 3. The molecule has 1 N–H and O–H groups in total. The molecule has 2 rings (SSSR count). The first kappa shape index (κ1) is 32.7. The number of methoxy groups -OCH3 is 1. The second kappa shape index (κ2) is 15.9. The van der Waals surface area contributed by atoms with E-state index in [1.54, 1.807) is 12.0 Å². The Morgan fingerprint density at radius 3 is 2.23 bits per heavy atom. The fourth-order valence-corrected chi connectivity index (χ4v) is 5.21. The first-order valence-electron chi connectivity index (χ1n) is 14.5. The van der Waals surface area contributed by atoms with Gasteiger partial charge in [-0.1, -0.05) is 63.9 Å². The number of likely N-dealkylation sites (N-methyl/N-ethyl adjacent to an activating group) is 2. The number of hydrogen-bond donors (Lipinski definition) is 1. The molecule has 1 aromatic carbocycles. The van der Waals surface area contributed by atoms with Crippen LogP contribution < -0.4 is 5.32 Å². The molecule has 220 valence electrons. The van der Waals surface area contributed by atoms with E-state index in [1.165, 1.54) is 4.90 Å². The molecule has 0 radical (unpaired) electrons. The van der Waals surface area contributed by atoms with Gasteiger partial charge in [-0.2, -0.15) is 0 Å². The van der Waals surface area contributed by atoms with Crippen LogP contribution in [0.2, 0.25) is 0 Å². The van der Waals surface area contributed by atoms with Crippen molar-refractivity contribution in [1.29, 1.82) is 0 Å². The van der Waals surface area contributed by atoms with Gasteiger partial charge in [0, 0.05) is 33.3 Å². The molecule has 39 heavy (non-hydrogen) atoms. The molecule has 0 bridgehead atoms. The minimum absolute atomic E-state index is 0.148. The summed E-state index contributed by atoms with van der Waals surface area (Å²) in [7, 11) is 1.68. The van der Waals surface area contributed by atoms with Crippen LogP contribution in [0.5, 0.6) is 0 Å². The van der Waals surface area contributed by atoms with Gasteiger partial charge in [0.15, 0.2) is 6.23 Å². The number of imide groups is 1. The number of benzene rings is 1. The van der Waals surface area contributed by atoms with Crippen molar-refractivity contribution in [2.45, 2.75) is 79.5 Å². The van der Waals surface area contributed by atoms with Crippen LogP contribution in [0.15, 0.2) is 24.3 Å². The van der Waals surface area contributed by atoms with Crippen LogP contribution in [0, 0.1) is 12.3 Å². The molecular formula is C30H50N4O5. The van der Waals surface area contributed by atoms with Crippen LogP contribution in [0.1, 0.15) is 77.5 Å². The molecule has 0 saturated carbocycles. The Morgan fingerprint density at radius 2 is 1.69 bits per heavy atom. The van der Waals surface area contributed by atoms with E-state index in [0.717, 1.165) is 43.6 Å². The fraction of sp³-hybridized carbons (Fsp3) is 0.700. The molecule has 2 atom stereocenters. The summed E-state index contributed by atoms with van der Waals surface area (Å²) in [5.41, 5.74) is 1.34. The van der Waals surface area contributed by atoms with Crippen LogP contribution >= 0.6 is 0 Å². The highest BCUT2D eigenvalue weighted by molar-refractivity contribution is 6.03. The number of hydrogen-bond acceptors (Lipinski definition) is 6. The second-order valence-corrected chi connectivity index (χ2v) is 10.3. The van der Waals surface area contributed by atoms with Crippen molar-refractivity contribution >= 4 is 17.8 Å². The van der Waals surface area contributed by atoms with Gasteiger partial charge in [0.25, 0.3) is 0 Å². The third kappa shape index (κ3) is 8.02. The maximum atomic E-state index is 13.4. The topological polar surface area (TPSA) is 91.4 Å². The van der Waals surface area contributed by atoms with E-state index in [-0.39, 0.29) is 24.5 Å². The molecule has 1 saturated heterocycles. The monoisotopic (exact) mass is 546 g/mol. The number of amides is 4. The third-order valence-corrected chi connectivity index (χ3v) is 8.03. The SMILES string of the molecule is CCCC(NC(=O)N1C(=O)C(CC)(CC)C1OCC(=O)N(CC)CCN(CC)CCOC)c1ccc(C)cc1. The van der Waals surface area contributed by atoms with E-state index in [4.69, 9.17) is 9.47 Å². The summed E-state index contributed by atoms with van der Waals surface area (Å²) >= 11 is 0. The minimum atomic E-state index is -0.808. The highest BCUT2D eigenvalue weighted by atomic mass is 16.5. The van der Waals surface area contributed by atoms with Gasteiger partial charge in [-0.25, -0.2) is 9.69 Å². The normalized spacial score (nSPS) is 17.2. The number of ether oxygens (including phenoxy) is 2. The zero-order chi connectivity index (χ0) is 29.0. The van der Waals surface area contributed by atoms with Crippen molar-refractivity contribution in [3.63, 3.8) is 0 Å². The molecule has 1 aliphatic heterocycles. The highest BCUT2D eigenvalue weighted by Crippen LogP contribution is 2.46. The summed E-state index contributed by atoms with van der Waals surface area (Å²) < 4.78 is 11.3. The van der Waals surface area contributed by atoms with Crippen molar-refractivity contribution in [3.8, 4) is 0 Å². The molecule has 9 nitrogen and oxygen atoms in total.